The number of carbonyl (C=O) groups excluding carboxylic acids is 1. The molecule has 5 rings (SSSR count). The van der Waals surface area contributed by atoms with Crippen molar-refractivity contribution in [1.29, 1.82) is 0 Å². The van der Waals surface area contributed by atoms with Crippen molar-refractivity contribution in [2.24, 2.45) is 5.92 Å². The zero-order chi connectivity index (χ0) is 29.4. The first-order valence-corrected chi connectivity index (χ1v) is 14.8. The number of hydrogen-bond acceptors (Lipinski definition) is 4. The summed E-state index contributed by atoms with van der Waals surface area (Å²) in [6, 6.07) is 35.8. The Morgan fingerprint density at radius 2 is 1.05 bits per heavy atom. The van der Waals surface area contributed by atoms with Gasteiger partial charge in [-0.15, -0.1) is 0 Å². The van der Waals surface area contributed by atoms with E-state index < -0.39 is 5.97 Å². The Balaban J connectivity index is 0.000000197. The maximum Gasteiger partial charge on any atom is 0.303 e. The third kappa shape index (κ3) is 10.9. The van der Waals surface area contributed by atoms with Crippen LogP contribution in [-0.4, -0.2) is 16.9 Å². The summed E-state index contributed by atoms with van der Waals surface area (Å²) in [7, 11) is 0. The largest absolute Gasteiger partial charge is 0.489 e. The molecule has 0 amide bonds. The fraction of sp³-hybridized carbons (Fsp3) is 0.297. The summed E-state index contributed by atoms with van der Waals surface area (Å²) in [5.74, 6) is 1.63. The van der Waals surface area contributed by atoms with Crippen LogP contribution in [0.1, 0.15) is 60.8 Å². The molecule has 218 valence electrons. The second-order valence-electron chi connectivity index (χ2n) is 10.7. The van der Waals surface area contributed by atoms with Crippen LogP contribution in [0.4, 0.5) is 0 Å². The monoisotopic (exact) mass is 564 g/mol. The summed E-state index contributed by atoms with van der Waals surface area (Å²) < 4.78 is 11.5. The molecule has 1 aliphatic rings. The molecule has 1 N–H and O–H groups in total. The van der Waals surface area contributed by atoms with Crippen LogP contribution in [0.25, 0.3) is 0 Å². The van der Waals surface area contributed by atoms with E-state index in [1.807, 2.05) is 84.9 Å². The molecule has 1 saturated carbocycles. The number of ketones is 1. The molecule has 0 unspecified atom stereocenters. The molecule has 0 heterocycles. The van der Waals surface area contributed by atoms with Gasteiger partial charge in [0.25, 0.3) is 0 Å². The average molecular weight is 565 g/mol. The fourth-order valence-electron chi connectivity index (χ4n) is 5.03. The van der Waals surface area contributed by atoms with Crippen LogP contribution in [-0.2, 0) is 35.6 Å². The van der Waals surface area contributed by atoms with Gasteiger partial charge < -0.3 is 14.6 Å². The molecule has 0 radical (unpaired) electrons. The van der Waals surface area contributed by atoms with Gasteiger partial charge >= 0.3 is 5.97 Å². The van der Waals surface area contributed by atoms with Crippen LogP contribution in [0, 0.1) is 5.92 Å². The zero-order valence-corrected chi connectivity index (χ0v) is 24.1. The van der Waals surface area contributed by atoms with Crippen LogP contribution in [0.15, 0.2) is 109 Å². The number of carboxylic acids is 1. The minimum absolute atomic E-state index is 0.141. The highest BCUT2D eigenvalue weighted by atomic mass is 16.5. The van der Waals surface area contributed by atoms with Crippen LogP contribution >= 0.6 is 0 Å². The standard InChI is InChI=1S/C21H24O2.C16H16O3/c22-21(19-10-4-5-11-19)14-13-17-9-6-12-20(15-17)23-16-18-7-2-1-3-8-18;17-16(18)10-9-13-7-4-8-15(11-13)19-12-14-5-2-1-3-6-14/h1-3,6-9,12,15,19H,4-5,10-11,13-14,16H2;1-8,11H,9-10,12H2,(H,17,18). The lowest BCUT2D eigenvalue weighted by Gasteiger charge is -2.10. The molecule has 5 heteroatoms. The SMILES string of the molecule is O=C(CCc1cccc(OCc2ccccc2)c1)C1CCCC1.O=C(O)CCc1cccc(OCc2ccccc2)c1. The summed E-state index contributed by atoms with van der Waals surface area (Å²) in [6.45, 7) is 1.09. The van der Waals surface area contributed by atoms with E-state index >= 15 is 0 Å². The third-order valence-electron chi connectivity index (χ3n) is 7.39. The van der Waals surface area contributed by atoms with Crippen molar-refractivity contribution < 1.29 is 24.2 Å². The van der Waals surface area contributed by atoms with E-state index in [1.165, 1.54) is 18.4 Å². The Morgan fingerprint density at radius 1 is 0.595 bits per heavy atom. The predicted molar refractivity (Wildman–Crippen MR) is 166 cm³/mol. The second-order valence-corrected chi connectivity index (χ2v) is 10.7. The van der Waals surface area contributed by atoms with Crippen LogP contribution in [0.3, 0.4) is 0 Å². The van der Waals surface area contributed by atoms with Gasteiger partial charge in [-0.2, -0.15) is 0 Å². The molecule has 4 aromatic carbocycles. The van der Waals surface area contributed by atoms with Gasteiger partial charge in [-0.05, 0) is 72.2 Å². The molecular formula is C37H40O5. The lowest BCUT2D eigenvalue weighted by atomic mass is 9.97. The average Bonchev–Trinajstić information content (AvgIpc) is 3.58. The normalized spacial score (nSPS) is 12.7. The summed E-state index contributed by atoms with van der Waals surface area (Å²) in [5.41, 5.74) is 4.43. The lowest BCUT2D eigenvalue weighted by molar-refractivity contribution is -0.137. The molecule has 42 heavy (non-hydrogen) atoms. The Hall–Kier alpha value is -4.38. The molecule has 1 aliphatic carbocycles. The Labute approximate surface area is 249 Å². The number of carbonyl (C=O) groups is 2. The maximum atomic E-state index is 12.2. The van der Waals surface area contributed by atoms with Gasteiger partial charge in [0.05, 0.1) is 0 Å². The van der Waals surface area contributed by atoms with Crippen molar-refractivity contribution in [3.05, 3.63) is 131 Å². The highest BCUT2D eigenvalue weighted by molar-refractivity contribution is 5.81. The highest BCUT2D eigenvalue weighted by Crippen LogP contribution is 2.27. The van der Waals surface area contributed by atoms with Crippen LogP contribution < -0.4 is 9.47 Å². The van der Waals surface area contributed by atoms with E-state index in [-0.39, 0.29) is 6.42 Å². The van der Waals surface area contributed by atoms with E-state index in [9.17, 15) is 9.59 Å². The van der Waals surface area contributed by atoms with Gasteiger partial charge in [-0.25, -0.2) is 0 Å². The van der Waals surface area contributed by atoms with Gasteiger partial charge in [-0.3, -0.25) is 9.59 Å². The van der Waals surface area contributed by atoms with Gasteiger partial charge in [0, 0.05) is 18.8 Å². The first kappa shape index (κ1) is 30.6. The molecule has 5 nitrogen and oxygen atoms in total. The molecule has 0 saturated heterocycles. The Bertz CT molecular complexity index is 1380. The van der Waals surface area contributed by atoms with Gasteiger partial charge in [0.2, 0.25) is 0 Å². The van der Waals surface area contributed by atoms with Crippen molar-refractivity contribution >= 4 is 11.8 Å². The van der Waals surface area contributed by atoms with E-state index in [2.05, 4.69) is 24.3 Å². The molecule has 0 spiro atoms. The number of rotatable bonds is 13. The number of carboxylic acid groups (broad SMARTS) is 1. The van der Waals surface area contributed by atoms with Crippen molar-refractivity contribution in [3.8, 4) is 11.5 Å². The number of benzene rings is 4. The zero-order valence-electron chi connectivity index (χ0n) is 24.1. The minimum Gasteiger partial charge on any atom is -0.489 e. The molecule has 0 bridgehead atoms. The summed E-state index contributed by atoms with van der Waals surface area (Å²) in [6.07, 6.45) is 6.78. The number of ether oxygens (including phenoxy) is 2. The lowest BCUT2D eigenvalue weighted by Crippen LogP contribution is -2.11. The number of aryl methyl sites for hydroxylation is 2. The predicted octanol–water partition coefficient (Wildman–Crippen LogP) is 8.24. The molecule has 0 atom stereocenters. The van der Waals surface area contributed by atoms with Crippen molar-refractivity contribution in [3.63, 3.8) is 0 Å². The molecule has 1 fully saturated rings. The quantitative estimate of drug-likeness (QED) is 0.177. The first-order valence-electron chi connectivity index (χ1n) is 14.8. The van der Waals surface area contributed by atoms with Crippen LogP contribution in [0.2, 0.25) is 0 Å². The Kier molecular flexibility index (Phi) is 12.2. The van der Waals surface area contributed by atoms with E-state index in [0.29, 0.717) is 37.8 Å². The number of Topliss-reactive ketones (excluding diaryl/α,β-unsaturated/α-hetero) is 1. The van der Waals surface area contributed by atoms with Gasteiger partial charge in [0.15, 0.2) is 0 Å². The van der Waals surface area contributed by atoms with E-state index in [1.54, 1.807) is 0 Å². The highest BCUT2D eigenvalue weighted by Gasteiger charge is 2.21. The molecule has 0 aromatic heterocycles. The summed E-state index contributed by atoms with van der Waals surface area (Å²) in [5, 5.41) is 8.66. The Morgan fingerprint density at radius 3 is 1.52 bits per heavy atom. The topological polar surface area (TPSA) is 72.8 Å². The van der Waals surface area contributed by atoms with Crippen LogP contribution in [0.5, 0.6) is 11.5 Å². The summed E-state index contributed by atoms with van der Waals surface area (Å²) in [4.78, 5) is 22.7. The number of aliphatic carboxylic acids is 1. The maximum absolute atomic E-state index is 12.2. The molecular weight excluding hydrogens is 524 g/mol. The number of hydrogen-bond donors (Lipinski definition) is 1. The minimum atomic E-state index is -0.782. The van der Waals surface area contributed by atoms with E-state index in [0.717, 1.165) is 47.5 Å². The van der Waals surface area contributed by atoms with Crippen molar-refractivity contribution in [2.75, 3.05) is 0 Å². The van der Waals surface area contributed by atoms with Gasteiger partial charge in [0.1, 0.15) is 30.5 Å². The first-order chi connectivity index (χ1) is 20.5. The third-order valence-corrected chi connectivity index (χ3v) is 7.39. The van der Waals surface area contributed by atoms with Crippen molar-refractivity contribution in [2.45, 2.75) is 64.6 Å². The smallest absolute Gasteiger partial charge is 0.303 e. The van der Waals surface area contributed by atoms with E-state index in [4.69, 9.17) is 14.6 Å². The van der Waals surface area contributed by atoms with Gasteiger partial charge in [-0.1, -0.05) is 97.8 Å². The van der Waals surface area contributed by atoms with Crippen molar-refractivity contribution in [1.82, 2.24) is 0 Å². The summed E-state index contributed by atoms with van der Waals surface area (Å²) >= 11 is 0. The fourth-order valence-corrected chi connectivity index (χ4v) is 5.03. The molecule has 4 aromatic rings. The second kappa shape index (κ2) is 16.8. The molecule has 0 aliphatic heterocycles.